The van der Waals surface area contributed by atoms with E-state index in [0.29, 0.717) is 37.1 Å². The highest BCUT2D eigenvalue weighted by molar-refractivity contribution is 5.90. The van der Waals surface area contributed by atoms with Crippen LogP contribution in [-0.4, -0.2) is 54.4 Å². The number of cyclic esters (lactones) is 1. The van der Waals surface area contributed by atoms with Crippen molar-refractivity contribution in [3.63, 3.8) is 0 Å². The number of hydrogen-bond acceptors (Lipinski definition) is 7. The number of halogens is 2. The van der Waals surface area contributed by atoms with Crippen molar-refractivity contribution in [1.29, 1.82) is 0 Å². The summed E-state index contributed by atoms with van der Waals surface area (Å²) in [4.78, 5) is 30.3. The Morgan fingerprint density at radius 3 is 2.53 bits per heavy atom. The Morgan fingerprint density at radius 1 is 1.25 bits per heavy atom. The first-order chi connectivity index (χ1) is 15.3. The monoisotopic (exact) mass is 449 g/mol. The fraction of sp³-hybridized carbons (Fsp3) is 0.524. The number of carbonyl (C=O) groups is 2. The largest absolute Gasteiger partial charge is 0.442 e. The van der Waals surface area contributed by atoms with Crippen LogP contribution in [-0.2, 0) is 16.0 Å². The van der Waals surface area contributed by atoms with E-state index in [1.807, 2.05) is 0 Å². The summed E-state index contributed by atoms with van der Waals surface area (Å²) < 4.78 is 40.0. The van der Waals surface area contributed by atoms with Crippen LogP contribution >= 0.6 is 0 Å². The maximum Gasteiger partial charge on any atom is 0.414 e. The first-order valence-electron chi connectivity index (χ1n) is 10.6. The fourth-order valence-corrected chi connectivity index (χ4v) is 4.15. The zero-order valence-electron chi connectivity index (χ0n) is 17.9. The molecule has 32 heavy (non-hydrogen) atoms. The lowest BCUT2D eigenvalue weighted by molar-refractivity contribution is -0.119. The summed E-state index contributed by atoms with van der Waals surface area (Å²) >= 11 is 0. The zero-order valence-corrected chi connectivity index (χ0v) is 17.9. The van der Waals surface area contributed by atoms with Gasteiger partial charge in [-0.25, -0.2) is 13.6 Å². The number of rotatable bonds is 6. The molecule has 0 aliphatic carbocycles. The van der Waals surface area contributed by atoms with Gasteiger partial charge >= 0.3 is 6.09 Å². The normalized spacial score (nSPS) is 19.4. The van der Waals surface area contributed by atoms with Crippen LogP contribution in [0.2, 0.25) is 0 Å². The van der Waals surface area contributed by atoms with Gasteiger partial charge in [-0.3, -0.25) is 9.69 Å². The van der Waals surface area contributed by atoms with E-state index in [2.05, 4.69) is 15.5 Å². The molecule has 0 bridgehead atoms. The highest BCUT2D eigenvalue weighted by atomic mass is 19.1. The third-order valence-electron chi connectivity index (χ3n) is 5.74. The number of anilines is 2. The summed E-state index contributed by atoms with van der Waals surface area (Å²) in [7, 11) is 0. The third-order valence-corrected chi connectivity index (χ3v) is 5.74. The Morgan fingerprint density at radius 2 is 1.94 bits per heavy atom. The fourth-order valence-electron chi connectivity index (χ4n) is 4.15. The van der Waals surface area contributed by atoms with Crippen LogP contribution in [0.5, 0.6) is 0 Å². The molecule has 1 N–H and O–H groups in total. The molecule has 172 valence electrons. The maximum absolute atomic E-state index is 14.9. The summed E-state index contributed by atoms with van der Waals surface area (Å²) in [6.07, 6.45) is 0.879. The lowest BCUT2D eigenvalue weighted by atomic mass is 9.93. The molecule has 2 fully saturated rings. The number of piperidine rings is 1. The quantitative estimate of drug-likeness (QED) is 0.723. The van der Waals surface area contributed by atoms with Crippen LogP contribution in [0, 0.1) is 24.5 Å². The number of nitrogens with zero attached hydrogens (tertiary/aromatic N) is 4. The van der Waals surface area contributed by atoms with Crippen molar-refractivity contribution < 1.29 is 27.6 Å². The molecule has 3 heterocycles. The number of ether oxygens (including phenoxy) is 1. The molecule has 2 saturated heterocycles. The molecule has 4 rings (SSSR count). The number of nitrogens with one attached hydrogen (secondary N) is 1. The molecule has 2 aromatic rings. The van der Waals surface area contributed by atoms with Gasteiger partial charge in [0.1, 0.15) is 11.8 Å². The first kappa shape index (κ1) is 22.0. The third kappa shape index (κ3) is 4.81. The van der Waals surface area contributed by atoms with Gasteiger partial charge < -0.3 is 19.5 Å². The van der Waals surface area contributed by atoms with Gasteiger partial charge in [-0.15, -0.1) is 0 Å². The van der Waals surface area contributed by atoms with E-state index in [-0.39, 0.29) is 30.4 Å². The molecule has 11 heteroatoms. The van der Waals surface area contributed by atoms with Crippen LogP contribution in [0.3, 0.4) is 0 Å². The van der Waals surface area contributed by atoms with E-state index >= 15 is 0 Å². The summed E-state index contributed by atoms with van der Waals surface area (Å²) in [5.41, 5.74) is -0.00796. The standard InChI is InChI=1S/C21H25F2N5O4/c1-12(29)24-10-16-11-28(21(30)31-16)15-8-17(22)20(18(23)9-15)27-5-3-14(4-6-27)7-19-25-13(2)32-26-19/h8-9,14,16H,3-7,10-11H2,1-2H3,(H,24,29)/t16-/m0/s1. The van der Waals surface area contributed by atoms with Crippen LogP contribution in [0.1, 0.15) is 31.5 Å². The molecule has 1 aromatic carbocycles. The molecule has 0 unspecified atom stereocenters. The van der Waals surface area contributed by atoms with E-state index in [1.54, 1.807) is 11.8 Å². The topological polar surface area (TPSA) is 101 Å². The average Bonchev–Trinajstić information content (AvgIpc) is 3.32. The smallest absolute Gasteiger partial charge is 0.414 e. The SMILES string of the molecule is CC(=O)NC[C@H]1CN(c2cc(F)c(N3CCC(Cc4noc(C)n4)CC3)c(F)c2)C(=O)O1. The number of carbonyl (C=O) groups excluding carboxylic acids is 2. The second kappa shape index (κ2) is 9.09. The number of aryl methyl sites for hydroxylation is 1. The molecule has 1 aromatic heterocycles. The first-order valence-corrected chi connectivity index (χ1v) is 10.6. The van der Waals surface area contributed by atoms with Crippen LogP contribution in [0.25, 0.3) is 0 Å². The Kier molecular flexibility index (Phi) is 6.24. The van der Waals surface area contributed by atoms with Crippen LogP contribution in [0.15, 0.2) is 16.7 Å². The highest BCUT2D eigenvalue weighted by Crippen LogP contribution is 2.33. The van der Waals surface area contributed by atoms with Crippen molar-refractivity contribution in [1.82, 2.24) is 15.5 Å². The van der Waals surface area contributed by atoms with Gasteiger partial charge in [-0.05, 0) is 18.8 Å². The second-order valence-electron chi connectivity index (χ2n) is 8.18. The summed E-state index contributed by atoms with van der Waals surface area (Å²) in [5, 5.41) is 6.48. The second-order valence-corrected chi connectivity index (χ2v) is 8.18. The number of aromatic nitrogens is 2. The summed E-state index contributed by atoms with van der Waals surface area (Å²) in [6.45, 7) is 4.32. The summed E-state index contributed by atoms with van der Waals surface area (Å²) in [6, 6.07) is 2.29. The summed E-state index contributed by atoms with van der Waals surface area (Å²) in [5.74, 6) is -0.233. The van der Waals surface area contributed by atoms with Gasteiger partial charge in [0.25, 0.3) is 0 Å². The number of amides is 2. The molecular formula is C21H25F2N5O4. The zero-order chi connectivity index (χ0) is 22.8. The molecule has 1 atom stereocenters. The average molecular weight is 449 g/mol. The molecule has 9 nitrogen and oxygen atoms in total. The van der Waals surface area contributed by atoms with Crippen molar-refractivity contribution in [2.45, 2.75) is 39.2 Å². The van der Waals surface area contributed by atoms with Gasteiger partial charge in [0.2, 0.25) is 11.8 Å². The van der Waals surface area contributed by atoms with E-state index in [1.165, 1.54) is 11.8 Å². The predicted octanol–water partition coefficient (Wildman–Crippen LogP) is 2.58. The van der Waals surface area contributed by atoms with Crippen molar-refractivity contribution in [3.8, 4) is 0 Å². The minimum Gasteiger partial charge on any atom is -0.442 e. The highest BCUT2D eigenvalue weighted by Gasteiger charge is 2.34. The lowest BCUT2D eigenvalue weighted by Crippen LogP contribution is -2.36. The Labute approximate surface area is 183 Å². The Bertz CT molecular complexity index is 983. The Balaban J connectivity index is 1.40. The molecule has 2 aliphatic rings. The van der Waals surface area contributed by atoms with E-state index in [9.17, 15) is 18.4 Å². The molecular weight excluding hydrogens is 424 g/mol. The van der Waals surface area contributed by atoms with Gasteiger partial charge in [-0.1, -0.05) is 5.16 Å². The van der Waals surface area contributed by atoms with Gasteiger partial charge in [0.05, 0.1) is 18.8 Å². The van der Waals surface area contributed by atoms with Gasteiger partial charge in [-0.2, -0.15) is 4.98 Å². The minimum absolute atomic E-state index is 0.0847. The maximum atomic E-state index is 14.9. The van der Waals surface area contributed by atoms with Gasteiger partial charge in [0, 0.05) is 45.5 Å². The molecule has 0 spiro atoms. The predicted molar refractivity (Wildman–Crippen MR) is 110 cm³/mol. The van der Waals surface area contributed by atoms with E-state index < -0.39 is 23.8 Å². The van der Waals surface area contributed by atoms with E-state index in [0.717, 1.165) is 25.0 Å². The number of benzene rings is 1. The van der Waals surface area contributed by atoms with Crippen LogP contribution < -0.4 is 15.1 Å². The molecule has 0 saturated carbocycles. The lowest BCUT2D eigenvalue weighted by Gasteiger charge is -2.33. The van der Waals surface area contributed by atoms with Gasteiger partial charge in [0.15, 0.2) is 17.5 Å². The van der Waals surface area contributed by atoms with Crippen molar-refractivity contribution in [2.75, 3.05) is 36.0 Å². The van der Waals surface area contributed by atoms with Crippen LogP contribution in [0.4, 0.5) is 25.0 Å². The molecule has 0 radical (unpaired) electrons. The Hall–Kier alpha value is -3.24. The molecule has 2 aliphatic heterocycles. The van der Waals surface area contributed by atoms with Crippen molar-refractivity contribution >= 4 is 23.4 Å². The van der Waals surface area contributed by atoms with Crippen molar-refractivity contribution in [3.05, 3.63) is 35.5 Å². The minimum atomic E-state index is -0.731. The van der Waals surface area contributed by atoms with E-state index in [4.69, 9.17) is 9.26 Å². The van der Waals surface area contributed by atoms with Crippen molar-refractivity contribution in [2.24, 2.45) is 5.92 Å². The molecule has 2 amide bonds. The number of hydrogen-bond donors (Lipinski definition) is 1.